The number of hydrogen-bond donors (Lipinski definition) is 2. The predicted molar refractivity (Wildman–Crippen MR) is 83.3 cm³/mol. The molecule has 1 fully saturated rings. The molecule has 4 nitrogen and oxygen atoms in total. The fraction of sp³-hybridized carbons (Fsp3) is 0.647. The number of aliphatic hydroxyl groups is 2. The van der Waals surface area contributed by atoms with Gasteiger partial charge in [-0.2, -0.15) is 0 Å². The average molecular weight is 293 g/mol. The molecule has 2 N–H and O–H groups in total. The molecule has 4 heteroatoms. The van der Waals surface area contributed by atoms with Gasteiger partial charge in [0.15, 0.2) is 0 Å². The molecule has 1 aliphatic rings. The van der Waals surface area contributed by atoms with Crippen LogP contribution < -0.4 is 0 Å². The summed E-state index contributed by atoms with van der Waals surface area (Å²) in [6.07, 6.45) is 1.61. The highest BCUT2D eigenvalue weighted by Crippen LogP contribution is 2.23. The predicted octanol–water partition coefficient (Wildman–Crippen LogP) is 1.89. The molecule has 1 saturated heterocycles. The monoisotopic (exact) mass is 293 g/mol. The third-order valence-corrected chi connectivity index (χ3v) is 4.32. The topological polar surface area (TPSA) is 52.9 Å². The normalized spacial score (nSPS) is 19.7. The average Bonchev–Trinajstić information content (AvgIpc) is 2.45. The molecule has 0 bridgehead atoms. The molecule has 0 aliphatic carbocycles. The van der Waals surface area contributed by atoms with Gasteiger partial charge >= 0.3 is 0 Å². The van der Waals surface area contributed by atoms with Crippen LogP contribution in [0, 0.1) is 6.92 Å². The maximum atomic E-state index is 10.5. The third-order valence-electron chi connectivity index (χ3n) is 4.32. The van der Waals surface area contributed by atoms with Crippen molar-refractivity contribution < 1.29 is 14.9 Å². The summed E-state index contributed by atoms with van der Waals surface area (Å²) in [6, 6.07) is 7.94. The summed E-state index contributed by atoms with van der Waals surface area (Å²) in [6.45, 7) is 4.69. The zero-order chi connectivity index (χ0) is 15.3. The van der Waals surface area contributed by atoms with Crippen LogP contribution >= 0.6 is 0 Å². The van der Waals surface area contributed by atoms with E-state index in [1.54, 1.807) is 0 Å². The Morgan fingerprint density at radius 2 is 1.95 bits per heavy atom. The zero-order valence-electron chi connectivity index (χ0n) is 13.1. The number of aryl methyl sites for hydroxylation is 1. The van der Waals surface area contributed by atoms with Gasteiger partial charge in [0.2, 0.25) is 0 Å². The zero-order valence-corrected chi connectivity index (χ0v) is 13.1. The number of hydrogen-bond acceptors (Lipinski definition) is 4. The number of nitrogens with zero attached hydrogens (tertiary/aromatic N) is 1. The molecule has 1 aromatic rings. The summed E-state index contributed by atoms with van der Waals surface area (Å²) >= 11 is 0. The van der Waals surface area contributed by atoms with E-state index in [0.29, 0.717) is 39.0 Å². The molecule has 0 spiro atoms. The van der Waals surface area contributed by atoms with E-state index >= 15 is 0 Å². The summed E-state index contributed by atoms with van der Waals surface area (Å²) in [5, 5.41) is 20.8. The highest BCUT2D eigenvalue weighted by Gasteiger charge is 2.30. The molecule has 0 aromatic heterocycles. The van der Waals surface area contributed by atoms with E-state index in [1.807, 2.05) is 38.2 Å². The second kappa shape index (κ2) is 7.36. The van der Waals surface area contributed by atoms with E-state index in [9.17, 15) is 10.2 Å². The van der Waals surface area contributed by atoms with Crippen molar-refractivity contribution in [2.45, 2.75) is 37.9 Å². The van der Waals surface area contributed by atoms with Crippen LogP contribution in [0.15, 0.2) is 24.3 Å². The van der Waals surface area contributed by atoms with Crippen LogP contribution in [0.2, 0.25) is 0 Å². The Morgan fingerprint density at radius 1 is 1.29 bits per heavy atom. The van der Waals surface area contributed by atoms with E-state index in [1.165, 1.54) is 0 Å². The van der Waals surface area contributed by atoms with Crippen molar-refractivity contribution in [1.29, 1.82) is 0 Å². The molecular formula is C17H27NO3. The van der Waals surface area contributed by atoms with Gasteiger partial charge in [0, 0.05) is 39.1 Å². The molecule has 1 atom stereocenters. The number of likely N-dealkylation sites (N-methyl/N-ethyl adjacent to an activating group) is 1. The minimum absolute atomic E-state index is 0.446. The van der Waals surface area contributed by atoms with Gasteiger partial charge < -0.3 is 19.8 Å². The minimum atomic E-state index is -0.638. The SMILES string of the molecule is Cc1ccccc1C(O)CCN(C)CC1(O)CCOCC1. The Labute approximate surface area is 127 Å². The van der Waals surface area contributed by atoms with Crippen molar-refractivity contribution in [2.24, 2.45) is 0 Å². The van der Waals surface area contributed by atoms with Crippen molar-refractivity contribution in [3.8, 4) is 0 Å². The molecule has 21 heavy (non-hydrogen) atoms. The smallest absolute Gasteiger partial charge is 0.0817 e. The van der Waals surface area contributed by atoms with Gasteiger partial charge in [-0.15, -0.1) is 0 Å². The molecule has 0 radical (unpaired) electrons. The molecule has 1 heterocycles. The second-order valence-electron chi connectivity index (χ2n) is 6.24. The van der Waals surface area contributed by atoms with Gasteiger partial charge in [0.05, 0.1) is 11.7 Å². The number of ether oxygens (including phenoxy) is 1. The van der Waals surface area contributed by atoms with Gasteiger partial charge in [0.25, 0.3) is 0 Å². The molecule has 1 aliphatic heterocycles. The van der Waals surface area contributed by atoms with Gasteiger partial charge in [-0.05, 0) is 31.5 Å². The number of benzene rings is 1. The number of rotatable bonds is 6. The Morgan fingerprint density at radius 3 is 2.62 bits per heavy atom. The Balaban J connectivity index is 1.81. The Kier molecular flexibility index (Phi) is 5.76. The lowest BCUT2D eigenvalue weighted by atomic mass is 9.93. The Hall–Kier alpha value is -0.940. The third kappa shape index (κ3) is 4.78. The lowest BCUT2D eigenvalue weighted by Crippen LogP contribution is -2.46. The largest absolute Gasteiger partial charge is 0.388 e. The highest BCUT2D eigenvalue weighted by atomic mass is 16.5. The summed E-state index contributed by atoms with van der Waals surface area (Å²) in [5.74, 6) is 0. The molecule has 0 amide bonds. The van der Waals surface area contributed by atoms with Crippen LogP contribution in [-0.2, 0) is 4.74 Å². The molecule has 2 rings (SSSR count). The van der Waals surface area contributed by atoms with Gasteiger partial charge in [-0.3, -0.25) is 0 Å². The van der Waals surface area contributed by atoms with Crippen molar-refractivity contribution >= 4 is 0 Å². The highest BCUT2D eigenvalue weighted by molar-refractivity contribution is 5.27. The van der Waals surface area contributed by atoms with Gasteiger partial charge in [-0.1, -0.05) is 24.3 Å². The van der Waals surface area contributed by atoms with E-state index in [-0.39, 0.29) is 0 Å². The van der Waals surface area contributed by atoms with Crippen molar-refractivity contribution in [3.05, 3.63) is 35.4 Å². The first kappa shape index (κ1) is 16.4. The first-order valence-electron chi connectivity index (χ1n) is 7.72. The van der Waals surface area contributed by atoms with Crippen LogP contribution in [0.1, 0.15) is 36.5 Å². The summed E-state index contributed by atoms with van der Waals surface area (Å²) < 4.78 is 5.30. The Bertz CT molecular complexity index is 443. The van der Waals surface area contributed by atoms with Crippen LogP contribution in [0.3, 0.4) is 0 Å². The van der Waals surface area contributed by atoms with E-state index in [0.717, 1.165) is 17.7 Å². The van der Waals surface area contributed by atoms with E-state index < -0.39 is 11.7 Å². The van der Waals surface area contributed by atoms with Gasteiger partial charge in [-0.25, -0.2) is 0 Å². The first-order chi connectivity index (χ1) is 10.0. The molecule has 1 aromatic carbocycles. The molecule has 0 saturated carbocycles. The van der Waals surface area contributed by atoms with Crippen molar-refractivity contribution in [1.82, 2.24) is 4.90 Å². The quantitative estimate of drug-likeness (QED) is 0.841. The lowest BCUT2D eigenvalue weighted by Gasteiger charge is -2.35. The van der Waals surface area contributed by atoms with Crippen molar-refractivity contribution in [2.75, 3.05) is 33.4 Å². The fourth-order valence-electron chi connectivity index (χ4n) is 2.95. The van der Waals surface area contributed by atoms with Crippen LogP contribution in [0.4, 0.5) is 0 Å². The molecule has 118 valence electrons. The standard InChI is InChI=1S/C17H27NO3/c1-14-5-3-4-6-15(14)16(19)7-10-18(2)13-17(20)8-11-21-12-9-17/h3-6,16,19-20H,7-13H2,1-2H3. The minimum Gasteiger partial charge on any atom is -0.388 e. The maximum absolute atomic E-state index is 10.5. The summed E-state index contributed by atoms with van der Waals surface area (Å²) in [5.41, 5.74) is 1.48. The maximum Gasteiger partial charge on any atom is 0.0817 e. The lowest BCUT2D eigenvalue weighted by molar-refractivity contribution is -0.0776. The van der Waals surface area contributed by atoms with Crippen LogP contribution in [-0.4, -0.2) is 54.1 Å². The van der Waals surface area contributed by atoms with E-state index in [2.05, 4.69) is 4.90 Å². The molecular weight excluding hydrogens is 266 g/mol. The number of aliphatic hydroxyl groups excluding tert-OH is 1. The fourth-order valence-corrected chi connectivity index (χ4v) is 2.95. The van der Waals surface area contributed by atoms with Crippen molar-refractivity contribution in [3.63, 3.8) is 0 Å². The summed E-state index contributed by atoms with van der Waals surface area (Å²) in [7, 11) is 2.00. The van der Waals surface area contributed by atoms with Crippen LogP contribution in [0.25, 0.3) is 0 Å². The van der Waals surface area contributed by atoms with E-state index in [4.69, 9.17) is 4.74 Å². The second-order valence-corrected chi connectivity index (χ2v) is 6.24. The molecule has 1 unspecified atom stereocenters. The summed E-state index contributed by atoms with van der Waals surface area (Å²) in [4.78, 5) is 2.10. The first-order valence-corrected chi connectivity index (χ1v) is 7.72. The van der Waals surface area contributed by atoms with Crippen LogP contribution in [0.5, 0.6) is 0 Å². The van der Waals surface area contributed by atoms with Gasteiger partial charge in [0.1, 0.15) is 0 Å².